The number of methoxy groups -OCH3 is 1. The highest BCUT2D eigenvalue weighted by molar-refractivity contribution is 7.85. The molecule has 1 aromatic heterocycles. The number of carbonyl (C=O) groups is 1. The lowest BCUT2D eigenvalue weighted by Crippen LogP contribution is -2.30. The maximum absolute atomic E-state index is 14.0. The third-order valence-electron chi connectivity index (χ3n) is 5.85. The summed E-state index contributed by atoms with van der Waals surface area (Å²) in [5, 5.41) is 18.2. The zero-order valence-corrected chi connectivity index (χ0v) is 23.0. The van der Waals surface area contributed by atoms with Crippen molar-refractivity contribution in [2.75, 3.05) is 17.7 Å². The van der Waals surface area contributed by atoms with Gasteiger partial charge in [0.1, 0.15) is 22.6 Å². The van der Waals surface area contributed by atoms with Gasteiger partial charge in [-0.15, -0.1) is 0 Å². The minimum Gasteiger partial charge on any atom is -0.497 e. The van der Waals surface area contributed by atoms with Crippen LogP contribution in [0.2, 0.25) is 0 Å². The standard InChI is InChI=1S/C24H23FN2O4S.C4H10O/c1-13-19(10-20(28)29)21(15-5-7-18(31-3)8-6-15)14(2)22-23-16(9-17(25)11-26-23)12-27(24(13)22)32(4)30;1-4(2,3)5/h5-9,11H,10,12H2,1-4H3,(H,28,29);5H,1-3H3. The first-order chi connectivity index (χ1) is 17.2. The second kappa shape index (κ2) is 11.0. The molecule has 2 N–H and O–H groups in total. The lowest BCUT2D eigenvalue weighted by molar-refractivity contribution is -0.136. The highest BCUT2D eigenvalue weighted by Crippen LogP contribution is 2.48. The van der Waals surface area contributed by atoms with Crippen LogP contribution < -0.4 is 9.04 Å². The maximum atomic E-state index is 14.0. The van der Waals surface area contributed by atoms with Crippen LogP contribution in [0.1, 0.15) is 43.0 Å². The van der Waals surface area contributed by atoms with Crippen molar-refractivity contribution in [3.05, 3.63) is 64.6 Å². The van der Waals surface area contributed by atoms with E-state index >= 15 is 0 Å². The molecule has 0 saturated heterocycles. The number of carboxylic acids is 1. The summed E-state index contributed by atoms with van der Waals surface area (Å²) < 4.78 is 33.6. The summed E-state index contributed by atoms with van der Waals surface area (Å²) in [7, 11) is 0.181. The quantitative estimate of drug-likeness (QED) is 0.472. The molecular formula is C28H33FN2O5S. The number of aromatic nitrogens is 1. The van der Waals surface area contributed by atoms with Crippen LogP contribution in [0.15, 0.2) is 36.5 Å². The molecule has 0 aliphatic carbocycles. The fourth-order valence-electron chi connectivity index (χ4n) is 4.45. The van der Waals surface area contributed by atoms with Crippen LogP contribution in [0.3, 0.4) is 0 Å². The Kier molecular flexibility index (Phi) is 8.39. The molecule has 0 saturated carbocycles. The monoisotopic (exact) mass is 528 g/mol. The number of halogens is 1. The third kappa shape index (κ3) is 6.34. The molecule has 1 atom stereocenters. The fraction of sp³-hybridized carbons (Fsp3) is 0.357. The summed E-state index contributed by atoms with van der Waals surface area (Å²) >= 11 is 0. The van der Waals surface area contributed by atoms with Gasteiger partial charge < -0.3 is 14.9 Å². The number of rotatable bonds is 5. The second-order valence-electron chi connectivity index (χ2n) is 9.92. The van der Waals surface area contributed by atoms with E-state index in [1.54, 1.807) is 38.4 Å². The molecule has 0 radical (unpaired) electrons. The Hall–Kier alpha value is -3.30. The van der Waals surface area contributed by atoms with Gasteiger partial charge in [0, 0.05) is 17.4 Å². The molecule has 0 fully saturated rings. The van der Waals surface area contributed by atoms with Gasteiger partial charge in [0.25, 0.3) is 0 Å². The van der Waals surface area contributed by atoms with E-state index in [2.05, 4.69) is 4.98 Å². The van der Waals surface area contributed by atoms with Crippen LogP contribution in [0, 0.1) is 19.7 Å². The molecule has 2 heterocycles. The number of ether oxygens (including phenoxy) is 1. The number of hydrogen-bond acceptors (Lipinski definition) is 5. The first-order valence-corrected chi connectivity index (χ1v) is 13.2. The Labute approximate surface area is 219 Å². The Morgan fingerprint density at radius 2 is 1.76 bits per heavy atom. The van der Waals surface area contributed by atoms with Gasteiger partial charge in [-0.25, -0.2) is 8.60 Å². The van der Waals surface area contributed by atoms with Gasteiger partial charge in [-0.3, -0.25) is 14.1 Å². The molecule has 198 valence electrons. The number of hydrogen-bond donors (Lipinski definition) is 2. The number of pyridine rings is 1. The minimum atomic E-state index is -1.40. The van der Waals surface area contributed by atoms with Crippen molar-refractivity contribution >= 4 is 22.6 Å². The predicted octanol–water partition coefficient (Wildman–Crippen LogP) is 5.20. The van der Waals surface area contributed by atoms with Gasteiger partial charge >= 0.3 is 5.97 Å². The molecule has 0 spiro atoms. The second-order valence-corrected chi connectivity index (χ2v) is 11.2. The minimum absolute atomic E-state index is 0.185. The lowest BCUT2D eigenvalue weighted by atomic mass is 9.82. The normalized spacial score (nSPS) is 13.2. The van der Waals surface area contributed by atoms with Crippen LogP contribution in [0.4, 0.5) is 10.1 Å². The SMILES string of the molecule is CC(C)(C)O.COc1ccc(-c2c(C)c3c(c(C)c2CC(=O)O)N(S(C)=O)Cc2cc(F)cnc2-3)cc1. The smallest absolute Gasteiger partial charge is 0.307 e. The van der Waals surface area contributed by atoms with E-state index in [0.29, 0.717) is 28.3 Å². The Bertz CT molecular complexity index is 1340. The van der Waals surface area contributed by atoms with Crippen molar-refractivity contribution in [2.45, 2.75) is 53.2 Å². The summed E-state index contributed by atoms with van der Waals surface area (Å²) in [4.78, 5) is 16.2. The topological polar surface area (TPSA) is 100.0 Å². The Morgan fingerprint density at radius 1 is 1.16 bits per heavy atom. The molecule has 0 amide bonds. The molecule has 37 heavy (non-hydrogen) atoms. The summed E-state index contributed by atoms with van der Waals surface area (Å²) in [6.45, 7) is 9.20. The molecule has 2 aromatic carbocycles. The van der Waals surface area contributed by atoms with Gasteiger partial charge in [0.15, 0.2) is 0 Å². The highest BCUT2D eigenvalue weighted by atomic mass is 32.2. The number of fused-ring (bicyclic) bond motifs is 3. The summed E-state index contributed by atoms with van der Waals surface area (Å²) in [6.07, 6.45) is 2.55. The van der Waals surface area contributed by atoms with Crippen molar-refractivity contribution < 1.29 is 28.3 Å². The van der Waals surface area contributed by atoms with Crippen LogP contribution in [0.5, 0.6) is 5.75 Å². The molecule has 4 rings (SSSR count). The van der Waals surface area contributed by atoms with E-state index in [1.165, 1.54) is 12.3 Å². The lowest BCUT2D eigenvalue weighted by Gasteiger charge is -2.34. The van der Waals surface area contributed by atoms with E-state index in [9.17, 15) is 18.5 Å². The number of nitrogens with zero attached hydrogens (tertiary/aromatic N) is 2. The van der Waals surface area contributed by atoms with Crippen molar-refractivity contribution in [1.82, 2.24) is 4.98 Å². The highest BCUT2D eigenvalue weighted by Gasteiger charge is 2.32. The zero-order valence-electron chi connectivity index (χ0n) is 22.2. The van der Waals surface area contributed by atoms with Gasteiger partial charge in [0.05, 0.1) is 43.3 Å². The van der Waals surface area contributed by atoms with Gasteiger partial charge in [-0.1, -0.05) is 12.1 Å². The van der Waals surface area contributed by atoms with E-state index in [-0.39, 0.29) is 13.0 Å². The molecule has 0 bridgehead atoms. The largest absolute Gasteiger partial charge is 0.497 e. The molecule has 1 aliphatic heterocycles. The summed E-state index contributed by atoms with van der Waals surface area (Å²) in [5.74, 6) is -0.722. The zero-order chi connectivity index (χ0) is 27.7. The van der Waals surface area contributed by atoms with Gasteiger partial charge in [-0.2, -0.15) is 0 Å². The third-order valence-corrected chi connectivity index (χ3v) is 6.78. The summed E-state index contributed by atoms with van der Waals surface area (Å²) in [6, 6.07) is 8.83. The number of aliphatic hydroxyl groups is 1. The molecule has 9 heteroatoms. The van der Waals surface area contributed by atoms with E-state index in [4.69, 9.17) is 9.84 Å². The number of aliphatic carboxylic acids is 1. The van der Waals surface area contributed by atoms with Crippen molar-refractivity contribution in [1.29, 1.82) is 0 Å². The molecule has 3 aromatic rings. The summed E-state index contributed by atoms with van der Waals surface area (Å²) in [5.41, 5.74) is 6.01. The number of anilines is 1. The Balaban J connectivity index is 0.000000695. The van der Waals surface area contributed by atoms with E-state index < -0.39 is 28.4 Å². The van der Waals surface area contributed by atoms with Crippen LogP contribution in [-0.2, 0) is 28.7 Å². The molecule has 1 unspecified atom stereocenters. The fourth-order valence-corrected chi connectivity index (χ4v) is 5.26. The van der Waals surface area contributed by atoms with Crippen molar-refractivity contribution in [3.8, 4) is 28.1 Å². The van der Waals surface area contributed by atoms with Gasteiger partial charge in [-0.05, 0) is 80.6 Å². The van der Waals surface area contributed by atoms with Crippen LogP contribution in [0.25, 0.3) is 22.4 Å². The number of benzene rings is 2. The first kappa shape index (κ1) is 28.3. The maximum Gasteiger partial charge on any atom is 0.307 e. The van der Waals surface area contributed by atoms with Crippen LogP contribution >= 0.6 is 0 Å². The van der Waals surface area contributed by atoms with Crippen LogP contribution in [-0.4, -0.2) is 44.3 Å². The van der Waals surface area contributed by atoms with Crippen molar-refractivity contribution in [3.63, 3.8) is 0 Å². The number of carboxylic acid groups (broad SMARTS) is 1. The molecule has 7 nitrogen and oxygen atoms in total. The van der Waals surface area contributed by atoms with E-state index in [0.717, 1.165) is 27.8 Å². The average molecular weight is 529 g/mol. The molecular weight excluding hydrogens is 495 g/mol. The molecule has 1 aliphatic rings. The average Bonchev–Trinajstić information content (AvgIpc) is 2.80. The van der Waals surface area contributed by atoms with Gasteiger partial charge in [0.2, 0.25) is 0 Å². The Morgan fingerprint density at radius 3 is 2.27 bits per heavy atom. The van der Waals surface area contributed by atoms with E-state index in [1.807, 2.05) is 38.1 Å². The predicted molar refractivity (Wildman–Crippen MR) is 145 cm³/mol. The first-order valence-electron chi connectivity index (χ1n) is 11.7. The van der Waals surface area contributed by atoms with Crippen molar-refractivity contribution in [2.24, 2.45) is 0 Å².